The highest BCUT2D eigenvalue weighted by Crippen LogP contribution is 2.45. The van der Waals surface area contributed by atoms with Crippen molar-refractivity contribution in [3.63, 3.8) is 0 Å². The average molecular weight is 465 g/mol. The third-order valence-corrected chi connectivity index (χ3v) is 6.71. The molecule has 7 aromatic rings. The molecule has 0 heterocycles. The number of benzene rings is 7. The number of hydrogen-bond acceptors (Lipinski definition) is 0. The molecule has 7 aromatic carbocycles. The first-order valence-electron chi connectivity index (χ1n) is 15.8. The molecule has 0 N–H and O–H groups in total. The normalized spacial score (nSPS) is 14.4. The van der Waals surface area contributed by atoms with Crippen molar-refractivity contribution in [2.75, 3.05) is 0 Å². The maximum absolute atomic E-state index is 9.14. The quantitative estimate of drug-likeness (QED) is 0.228. The lowest BCUT2D eigenvalue weighted by Gasteiger charge is -2.19. The number of hydrogen-bond donors (Lipinski definition) is 0. The minimum atomic E-state index is -0.409. The SMILES string of the molecule is [2H]c1c([2H])c([2H])c2c(-c3cccc4ccccc34)c3c([2H])c([2H])c([2H])c([2H])c3c(-c3ccc(-c4ccccc4)cc3)c2c1[2H]. The van der Waals surface area contributed by atoms with Crippen LogP contribution in [0.15, 0.2) is 145 Å². The van der Waals surface area contributed by atoms with Gasteiger partial charge in [-0.1, -0.05) is 145 Å². The van der Waals surface area contributed by atoms with Gasteiger partial charge in [0.05, 0.1) is 11.0 Å². The Morgan fingerprint density at radius 2 is 0.861 bits per heavy atom. The highest BCUT2D eigenvalue weighted by Gasteiger charge is 2.17. The van der Waals surface area contributed by atoms with Crippen molar-refractivity contribution in [1.82, 2.24) is 0 Å². The minimum Gasteiger partial charge on any atom is -0.0622 e. The first-order chi connectivity index (χ1) is 21.2. The Hall–Kier alpha value is -4.68. The maximum atomic E-state index is 9.14. The lowest BCUT2D eigenvalue weighted by molar-refractivity contribution is 1.61. The minimum absolute atomic E-state index is 0.212. The zero-order valence-corrected chi connectivity index (χ0v) is 19.2. The Balaban J connectivity index is 1.75. The van der Waals surface area contributed by atoms with Crippen LogP contribution in [0.4, 0.5) is 0 Å². The topological polar surface area (TPSA) is 0 Å². The van der Waals surface area contributed by atoms with Crippen molar-refractivity contribution in [2.24, 2.45) is 0 Å². The summed E-state index contributed by atoms with van der Waals surface area (Å²) >= 11 is 0. The van der Waals surface area contributed by atoms with Gasteiger partial charge in [0.1, 0.15) is 0 Å². The molecule has 0 aliphatic carbocycles. The van der Waals surface area contributed by atoms with E-state index in [1.54, 1.807) is 0 Å². The van der Waals surface area contributed by atoms with E-state index < -0.39 is 24.2 Å². The summed E-state index contributed by atoms with van der Waals surface area (Å²) in [5.74, 6) is 0. The molecule has 168 valence electrons. The van der Waals surface area contributed by atoms with Gasteiger partial charge in [0.25, 0.3) is 0 Å². The standard InChI is InChI=1S/C36H24/c1-2-11-25(12-3-1)26-21-23-28(24-22-26)35-31-16-6-8-18-33(31)36(34-19-9-7-17-32(34)35)30-20-10-14-27-13-4-5-15-29(27)30/h1-24H/i6D,7D,8D,9D,16D,17D,18D,19D. The lowest BCUT2D eigenvalue weighted by Crippen LogP contribution is -1.91. The first kappa shape index (κ1) is 14.0. The van der Waals surface area contributed by atoms with E-state index in [2.05, 4.69) is 0 Å². The van der Waals surface area contributed by atoms with Crippen LogP contribution in [0.3, 0.4) is 0 Å². The van der Waals surface area contributed by atoms with E-state index in [-0.39, 0.29) is 45.7 Å². The highest BCUT2D eigenvalue weighted by molar-refractivity contribution is 6.23. The van der Waals surface area contributed by atoms with Gasteiger partial charge in [0.15, 0.2) is 0 Å². The van der Waals surface area contributed by atoms with E-state index in [4.69, 9.17) is 11.0 Å². The molecule has 0 fully saturated rings. The van der Waals surface area contributed by atoms with Crippen LogP contribution in [-0.2, 0) is 0 Å². The van der Waals surface area contributed by atoms with Gasteiger partial charge in [-0.2, -0.15) is 0 Å². The molecule has 0 radical (unpaired) electrons. The number of fused-ring (bicyclic) bond motifs is 3. The summed E-state index contributed by atoms with van der Waals surface area (Å²) in [6, 6.07) is 27.9. The molecular weight excluding hydrogens is 432 g/mol. The van der Waals surface area contributed by atoms with E-state index in [0.717, 1.165) is 21.9 Å². The van der Waals surface area contributed by atoms with Crippen molar-refractivity contribution < 1.29 is 11.0 Å². The predicted molar refractivity (Wildman–Crippen MR) is 155 cm³/mol. The Bertz CT molecular complexity index is 2210. The van der Waals surface area contributed by atoms with Crippen LogP contribution >= 0.6 is 0 Å². The highest BCUT2D eigenvalue weighted by atomic mass is 14.2. The van der Waals surface area contributed by atoms with Crippen LogP contribution in [0.1, 0.15) is 11.0 Å². The first-order valence-corrected chi connectivity index (χ1v) is 11.8. The fourth-order valence-electron chi connectivity index (χ4n) is 5.09. The molecule has 0 unspecified atom stereocenters. The third kappa shape index (κ3) is 3.31. The van der Waals surface area contributed by atoms with Gasteiger partial charge in [-0.25, -0.2) is 0 Å². The average Bonchev–Trinajstić information content (AvgIpc) is 3.07. The largest absolute Gasteiger partial charge is 0.0629 e. The molecule has 0 spiro atoms. The third-order valence-electron chi connectivity index (χ3n) is 6.71. The molecule has 0 heteroatoms. The van der Waals surface area contributed by atoms with E-state index >= 15 is 0 Å². The molecule has 0 bridgehead atoms. The van der Waals surface area contributed by atoms with Crippen LogP contribution in [0.5, 0.6) is 0 Å². The van der Waals surface area contributed by atoms with Gasteiger partial charge in [-0.05, 0) is 65.7 Å². The smallest absolute Gasteiger partial charge is 0.0622 e. The molecule has 0 atom stereocenters. The van der Waals surface area contributed by atoms with Crippen LogP contribution in [0, 0.1) is 0 Å². The Labute approximate surface area is 222 Å². The number of rotatable bonds is 3. The van der Waals surface area contributed by atoms with Crippen LogP contribution in [0.25, 0.3) is 65.7 Å². The molecule has 0 aromatic heterocycles. The van der Waals surface area contributed by atoms with Crippen molar-refractivity contribution in [3.8, 4) is 33.4 Å². The van der Waals surface area contributed by atoms with E-state index in [9.17, 15) is 0 Å². The summed E-state index contributed by atoms with van der Waals surface area (Å²) in [6.45, 7) is 0. The summed E-state index contributed by atoms with van der Waals surface area (Å²) < 4.78 is 71.0. The molecule has 0 amide bonds. The second-order valence-corrected chi connectivity index (χ2v) is 8.72. The molecule has 0 nitrogen and oxygen atoms in total. The zero-order valence-electron chi connectivity index (χ0n) is 27.2. The predicted octanol–water partition coefficient (Wildman–Crippen LogP) is 10.1. The molecule has 0 aliphatic heterocycles. The molecule has 0 aliphatic rings. The van der Waals surface area contributed by atoms with Crippen molar-refractivity contribution in [3.05, 3.63) is 145 Å². The van der Waals surface area contributed by atoms with Gasteiger partial charge in [-0.15, -0.1) is 0 Å². The fraction of sp³-hybridized carbons (Fsp3) is 0. The summed E-state index contributed by atoms with van der Waals surface area (Å²) in [5.41, 5.74) is 3.86. The van der Waals surface area contributed by atoms with Crippen LogP contribution < -0.4 is 0 Å². The summed E-state index contributed by atoms with van der Waals surface area (Å²) in [5, 5.41) is 2.55. The second-order valence-electron chi connectivity index (χ2n) is 8.72. The van der Waals surface area contributed by atoms with E-state index in [1.807, 2.05) is 97.1 Å². The van der Waals surface area contributed by atoms with Crippen molar-refractivity contribution in [1.29, 1.82) is 0 Å². The van der Waals surface area contributed by atoms with E-state index in [1.165, 1.54) is 0 Å². The van der Waals surface area contributed by atoms with Crippen LogP contribution in [0.2, 0.25) is 0 Å². The van der Waals surface area contributed by atoms with Gasteiger partial charge in [0, 0.05) is 0 Å². The summed E-state index contributed by atoms with van der Waals surface area (Å²) in [7, 11) is 0. The Morgan fingerprint density at radius 3 is 1.53 bits per heavy atom. The lowest BCUT2D eigenvalue weighted by atomic mass is 9.84. The van der Waals surface area contributed by atoms with Gasteiger partial charge in [0.2, 0.25) is 0 Å². The van der Waals surface area contributed by atoms with Gasteiger partial charge in [-0.3, -0.25) is 0 Å². The molecule has 0 saturated heterocycles. The maximum Gasteiger partial charge on any atom is 0.0629 e. The molecule has 7 rings (SSSR count). The van der Waals surface area contributed by atoms with Gasteiger partial charge >= 0.3 is 0 Å². The summed E-state index contributed by atoms with van der Waals surface area (Å²) in [6.07, 6.45) is 0. The molecule has 0 saturated carbocycles. The Kier molecular flexibility index (Phi) is 3.32. The molecular formula is C36H24. The van der Waals surface area contributed by atoms with E-state index in [0.29, 0.717) is 22.3 Å². The van der Waals surface area contributed by atoms with Crippen LogP contribution in [-0.4, -0.2) is 0 Å². The zero-order chi connectivity index (χ0) is 30.9. The summed E-state index contributed by atoms with van der Waals surface area (Å²) in [4.78, 5) is 0. The molecule has 36 heavy (non-hydrogen) atoms. The second kappa shape index (κ2) is 8.52. The van der Waals surface area contributed by atoms with Crippen molar-refractivity contribution >= 4 is 32.3 Å². The van der Waals surface area contributed by atoms with Gasteiger partial charge < -0.3 is 0 Å². The monoisotopic (exact) mass is 464 g/mol. The Morgan fingerprint density at radius 1 is 0.361 bits per heavy atom. The van der Waals surface area contributed by atoms with Crippen molar-refractivity contribution in [2.45, 2.75) is 0 Å². The fourth-order valence-corrected chi connectivity index (χ4v) is 5.09.